The van der Waals surface area contributed by atoms with Gasteiger partial charge in [0.2, 0.25) is 5.95 Å². The second-order valence-corrected chi connectivity index (χ2v) is 6.51. The molecular weight excluding hydrogens is 354 g/mol. The molecule has 0 saturated carbocycles. The van der Waals surface area contributed by atoms with Crippen LogP contribution in [0.2, 0.25) is 5.02 Å². The molecule has 0 radical (unpaired) electrons. The Balaban J connectivity index is 1.84. The number of carbonyl (C=O) groups excluding carboxylic acids is 1. The largest absolute Gasteiger partial charge is 0.383 e. The van der Waals surface area contributed by atoms with Crippen molar-refractivity contribution in [3.8, 4) is 0 Å². The van der Waals surface area contributed by atoms with Gasteiger partial charge in [-0.15, -0.1) is 0 Å². The van der Waals surface area contributed by atoms with Gasteiger partial charge in [-0.3, -0.25) is 9.78 Å². The van der Waals surface area contributed by atoms with Crippen LogP contribution in [0.1, 0.15) is 29.0 Å². The number of pyridine rings is 1. The van der Waals surface area contributed by atoms with Crippen LogP contribution < -0.4 is 4.90 Å². The molecule has 0 atom stereocenters. The molecule has 7 nitrogen and oxygen atoms in total. The van der Waals surface area contributed by atoms with E-state index < -0.39 is 0 Å². The first-order valence-corrected chi connectivity index (χ1v) is 9.02. The van der Waals surface area contributed by atoms with E-state index in [0.717, 1.165) is 31.6 Å². The van der Waals surface area contributed by atoms with Gasteiger partial charge in [-0.2, -0.15) is 0 Å². The number of hydrogen-bond donors (Lipinski definition) is 0. The smallest absolute Gasteiger partial charge is 0.274 e. The number of ether oxygens (including phenoxy) is 1. The normalized spacial score (nSPS) is 13.8. The molecule has 2 aromatic rings. The number of amides is 1. The summed E-state index contributed by atoms with van der Waals surface area (Å²) in [5.41, 5.74) is 1.01. The van der Waals surface area contributed by atoms with Gasteiger partial charge in [0.1, 0.15) is 0 Å². The van der Waals surface area contributed by atoms with Gasteiger partial charge in [0.25, 0.3) is 5.91 Å². The van der Waals surface area contributed by atoms with Crippen LogP contribution in [0.3, 0.4) is 0 Å². The van der Waals surface area contributed by atoms with Gasteiger partial charge in [0.05, 0.1) is 30.1 Å². The van der Waals surface area contributed by atoms with Crippen molar-refractivity contribution in [1.82, 2.24) is 19.9 Å². The topological polar surface area (TPSA) is 71.5 Å². The second-order valence-electron chi connectivity index (χ2n) is 6.10. The van der Waals surface area contributed by atoms with Gasteiger partial charge in [0, 0.05) is 32.9 Å². The summed E-state index contributed by atoms with van der Waals surface area (Å²) in [6.07, 6.45) is 5.42. The summed E-state index contributed by atoms with van der Waals surface area (Å²) in [5.74, 6) is 0.306. The van der Waals surface area contributed by atoms with E-state index in [4.69, 9.17) is 16.3 Å². The molecular formula is C18H22ClN5O2. The molecule has 0 bridgehead atoms. The number of rotatable bonds is 7. The highest BCUT2D eigenvalue weighted by atomic mass is 35.5. The second kappa shape index (κ2) is 8.91. The minimum Gasteiger partial charge on any atom is -0.383 e. The molecule has 1 fully saturated rings. The van der Waals surface area contributed by atoms with E-state index in [-0.39, 0.29) is 16.6 Å². The van der Waals surface area contributed by atoms with Crippen LogP contribution in [0, 0.1) is 0 Å². The highest BCUT2D eigenvalue weighted by Gasteiger charge is 2.24. The Labute approximate surface area is 158 Å². The lowest BCUT2D eigenvalue weighted by atomic mass is 10.3. The lowest BCUT2D eigenvalue weighted by Gasteiger charge is -2.23. The van der Waals surface area contributed by atoms with Gasteiger partial charge in [-0.25, -0.2) is 9.97 Å². The quantitative estimate of drug-likeness (QED) is 0.740. The lowest BCUT2D eigenvalue weighted by Crippen LogP contribution is -2.35. The van der Waals surface area contributed by atoms with Crippen LogP contribution in [0.4, 0.5) is 5.95 Å². The summed E-state index contributed by atoms with van der Waals surface area (Å²) in [5, 5.41) is 0.251. The minimum atomic E-state index is -0.249. The zero-order chi connectivity index (χ0) is 18.4. The van der Waals surface area contributed by atoms with Crippen LogP contribution in [0.5, 0.6) is 0 Å². The van der Waals surface area contributed by atoms with E-state index in [1.165, 1.54) is 6.20 Å². The molecule has 1 amide bonds. The highest BCUT2D eigenvalue weighted by molar-refractivity contribution is 6.33. The molecule has 0 aliphatic carbocycles. The van der Waals surface area contributed by atoms with Gasteiger partial charge in [-0.05, 0) is 25.0 Å². The van der Waals surface area contributed by atoms with Crippen LogP contribution in [-0.4, -0.2) is 59.1 Å². The van der Waals surface area contributed by atoms with Gasteiger partial charge in [0.15, 0.2) is 5.69 Å². The maximum absolute atomic E-state index is 13.1. The van der Waals surface area contributed by atoms with Crippen molar-refractivity contribution in [2.45, 2.75) is 19.4 Å². The number of hydrogen-bond acceptors (Lipinski definition) is 6. The fraction of sp³-hybridized carbons (Fsp3) is 0.444. The van der Waals surface area contributed by atoms with Gasteiger partial charge in [-0.1, -0.05) is 17.7 Å². The number of aromatic nitrogens is 3. The van der Waals surface area contributed by atoms with Crippen molar-refractivity contribution in [3.63, 3.8) is 0 Å². The molecule has 3 heterocycles. The lowest BCUT2D eigenvalue weighted by molar-refractivity contribution is 0.0672. The molecule has 2 aromatic heterocycles. The molecule has 8 heteroatoms. The Bertz CT molecular complexity index is 738. The third-order valence-corrected chi connectivity index (χ3v) is 4.53. The molecule has 0 aromatic carbocycles. The van der Waals surface area contributed by atoms with Crippen molar-refractivity contribution in [2.24, 2.45) is 0 Å². The summed E-state index contributed by atoms with van der Waals surface area (Å²) in [4.78, 5) is 29.8. The van der Waals surface area contributed by atoms with Crippen molar-refractivity contribution >= 4 is 23.5 Å². The monoisotopic (exact) mass is 375 g/mol. The molecule has 3 rings (SSSR count). The van der Waals surface area contributed by atoms with E-state index in [0.29, 0.717) is 25.6 Å². The third kappa shape index (κ3) is 4.47. The first-order chi connectivity index (χ1) is 12.7. The van der Waals surface area contributed by atoms with Crippen LogP contribution in [0.25, 0.3) is 0 Å². The van der Waals surface area contributed by atoms with Crippen molar-refractivity contribution in [2.75, 3.05) is 38.3 Å². The Morgan fingerprint density at radius 3 is 2.81 bits per heavy atom. The summed E-state index contributed by atoms with van der Waals surface area (Å²) >= 11 is 6.24. The van der Waals surface area contributed by atoms with Crippen molar-refractivity contribution in [3.05, 3.63) is 47.0 Å². The van der Waals surface area contributed by atoms with E-state index in [1.54, 1.807) is 18.2 Å². The number of carbonyl (C=O) groups is 1. The molecule has 138 valence electrons. The maximum Gasteiger partial charge on any atom is 0.274 e. The maximum atomic E-state index is 13.1. The summed E-state index contributed by atoms with van der Waals surface area (Å²) in [7, 11) is 1.60. The number of nitrogens with zero attached hydrogens (tertiary/aromatic N) is 5. The molecule has 1 aliphatic heterocycles. The Hall–Kier alpha value is -2.25. The molecule has 1 aliphatic rings. The molecule has 0 spiro atoms. The zero-order valence-electron chi connectivity index (χ0n) is 14.8. The first kappa shape index (κ1) is 18.5. The van der Waals surface area contributed by atoms with Crippen LogP contribution in [0.15, 0.2) is 30.6 Å². The van der Waals surface area contributed by atoms with E-state index >= 15 is 0 Å². The van der Waals surface area contributed by atoms with E-state index in [9.17, 15) is 4.79 Å². The molecule has 26 heavy (non-hydrogen) atoms. The minimum absolute atomic E-state index is 0.218. The predicted octanol–water partition coefficient (Wildman–Crippen LogP) is 2.41. The van der Waals surface area contributed by atoms with Crippen molar-refractivity contribution < 1.29 is 9.53 Å². The molecule has 1 saturated heterocycles. The average molecular weight is 376 g/mol. The third-order valence-electron chi connectivity index (χ3n) is 4.25. The van der Waals surface area contributed by atoms with E-state index in [2.05, 4.69) is 19.9 Å². The Morgan fingerprint density at radius 1 is 1.31 bits per heavy atom. The molecule has 0 unspecified atom stereocenters. The predicted molar refractivity (Wildman–Crippen MR) is 99.3 cm³/mol. The number of methoxy groups -OCH3 is 1. The first-order valence-electron chi connectivity index (χ1n) is 8.64. The highest BCUT2D eigenvalue weighted by Crippen LogP contribution is 2.21. The fourth-order valence-electron chi connectivity index (χ4n) is 2.87. The van der Waals surface area contributed by atoms with E-state index in [1.807, 2.05) is 18.2 Å². The van der Waals surface area contributed by atoms with Gasteiger partial charge >= 0.3 is 0 Å². The zero-order valence-corrected chi connectivity index (χ0v) is 15.5. The molecule has 0 N–H and O–H groups in total. The average Bonchev–Trinajstić information content (AvgIpc) is 3.20. The fourth-order valence-corrected chi connectivity index (χ4v) is 3.04. The summed E-state index contributed by atoms with van der Waals surface area (Å²) < 4.78 is 5.14. The Morgan fingerprint density at radius 2 is 2.12 bits per heavy atom. The summed E-state index contributed by atoms with van der Waals surface area (Å²) in [6, 6.07) is 5.61. The van der Waals surface area contributed by atoms with Crippen LogP contribution >= 0.6 is 11.6 Å². The summed E-state index contributed by atoms with van der Waals surface area (Å²) in [6.45, 7) is 3.00. The SMILES string of the molecule is COCCN(Cc1ccccn1)C(=O)c1nc(N2CCCC2)ncc1Cl. The van der Waals surface area contributed by atoms with Crippen LogP contribution in [-0.2, 0) is 11.3 Å². The van der Waals surface area contributed by atoms with Crippen molar-refractivity contribution in [1.29, 1.82) is 0 Å². The number of halogens is 1. The number of anilines is 1. The van der Waals surface area contributed by atoms with Gasteiger partial charge < -0.3 is 14.5 Å². The Kier molecular flexibility index (Phi) is 6.35. The standard InChI is InChI=1S/C18H22ClN5O2/c1-26-11-10-24(13-14-6-2-3-7-20-14)17(25)16-15(19)12-21-18(22-16)23-8-4-5-9-23/h2-3,6-7,12H,4-5,8-11,13H2,1H3.